The number of aryl methyl sites for hydroxylation is 2. The van der Waals surface area contributed by atoms with E-state index < -0.39 is 17.1 Å². The molecule has 8 heteroatoms. The van der Waals surface area contributed by atoms with Gasteiger partial charge in [0.25, 0.3) is 11.1 Å². The van der Waals surface area contributed by atoms with Crippen LogP contribution in [0.1, 0.15) is 33.1 Å². The van der Waals surface area contributed by atoms with Gasteiger partial charge in [-0.25, -0.2) is 4.79 Å². The summed E-state index contributed by atoms with van der Waals surface area (Å²) < 4.78 is 12.0. The average Bonchev–Trinajstić information content (AvgIpc) is 3.47. The second-order valence-corrected chi connectivity index (χ2v) is 8.09. The van der Waals surface area contributed by atoms with Crippen LogP contribution in [0.3, 0.4) is 0 Å². The molecule has 0 unspecified atom stereocenters. The minimum absolute atomic E-state index is 0.0197. The second-order valence-electron chi connectivity index (χ2n) is 7.10. The van der Waals surface area contributed by atoms with E-state index in [0.717, 1.165) is 28.0 Å². The number of carbonyl (C=O) groups is 3. The normalized spacial score (nSPS) is 15.2. The van der Waals surface area contributed by atoms with Gasteiger partial charge in [0.15, 0.2) is 0 Å². The van der Waals surface area contributed by atoms with Crippen molar-refractivity contribution in [2.75, 3.05) is 7.11 Å². The fourth-order valence-electron chi connectivity index (χ4n) is 3.22. The van der Waals surface area contributed by atoms with Gasteiger partial charge in [0.1, 0.15) is 5.76 Å². The van der Waals surface area contributed by atoms with Crippen LogP contribution in [0.4, 0.5) is 4.79 Å². The molecule has 0 atom stereocenters. The van der Waals surface area contributed by atoms with Gasteiger partial charge in [-0.15, -0.1) is 0 Å². The summed E-state index contributed by atoms with van der Waals surface area (Å²) >= 11 is 0.878. The Morgan fingerprint density at radius 1 is 1.13 bits per heavy atom. The van der Waals surface area contributed by atoms with E-state index in [2.05, 4.69) is 17.7 Å². The summed E-state index contributed by atoms with van der Waals surface area (Å²) in [7, 11) is 1.25. The van der Waals surface area contributed by atoms with E-state index in [1.165, 1.54) is 24.3 Å². The van der Waals surface area contributed by atoms with Crippen LogP contribution in [0.15, 0.2) is 58.0 Å². The number of nitrogens with zero attached hydrogens (tertiary/aromatic N) is 2. The Morgan fingerprint density at radius 3 is 2.68 bits per heavy atom. The molecule has 0 spiro atoms. The molecular weight excluding hydrogens is 416 g/mol. The molecule has 7 nitrogen and oxygen atoms in total. The molecule has 0 radical (unpaired) electrons. The Kier molecular flexibility index (Phi) is 5.56. The first-order valence-electron chi connectivity index (χ1n) is 9.55. The summed E-state index contributed by atoms with van der Waals surface area (Å²) in [6.45, 7) is 4.05. The first-order valence-corrected chi connectivity index (χ1v) is 10.4. The summed E-state index contributed by atoms with van der Waals surface area (Å²) in [6.07, 6.45) is 3.62. The van der Waals surface area contributed by atoms with Crippen LogP contribution in [0.2, 0.25) is 0 Å². The van der Waals surface area contributed by atoms with Crippen LogP contribution in [0.25, 0.3) is 11.8 Å². The molecule has 0 aliphatic carbocycles. The maximum atomic E-state index is 12.9. The molecule has 0 N–H and O–H groups in total. The van der Waals surface area contributed by atoms with Crippen molar-refractivity contribution in [1.29, 1.82) is 0 Å². The lowest BCUT2D eigenvalue weighted by Gasteiger charge is -2.11. The highest BCUT2D eigenvalue weighted by Gasteiger charge is 2.36. The molecule has 2 aromatic heterocycles. The van der Waals surface area contributed by atoms with Crippen molar-refractivity contribution < 1.29 is 23.5 Å². The lowest BCUT2D eigenvalue weighted by Crippen LogP contribution is -2.27. The number of carbonyl (C=O) groups excluding carboxylic acids is 3. The minimum Gasteiger partial charge on any atom is -0.463 e. The van der Waals surface area contributed by atoms with E-state index in [9.17, 15) is 14.4 Å². The number of methoxy groups -OCH3 is 1. The molecule has 4 rings (SSSR count). The standard InChI is InChI=1S/C23H20N2O5S/c1-14-6-7-17(11-15(14)2)24-10-4-5-16(24)12-20-21(26)25(23(28)31-20)13-18-8-9-19(30-18)22(27)29-3/h4-12H,13H2,1-3H3/b20-12+. The molecule has 31 heavy (non-hydrogen) atoms. The Hall–Kier alpha value is -3.52. The highest BCUT2D eigenvalue weighted by Crippen LogP contribution is 2.34. The third kappa shape index (κ3) is 4.06. The van der Waals surface area contributed by atoms with Gasteiger partial charge < -0.3 is 13.7 Å². The zero-order valence-electron chi connectivity index (χ0n) is 17.2. The van der Waals surface area contributed by atoms with Gasteiger partial charge in [-0.3, -0.25) is 14.5 Å². The van der Waals surface area contributed by atoms with E-state index in [1.54, 1.807) is 12.1 Å². The highest BCUT2D eigenvalue weighted by atomic mass is 32.2. The van der Waals surface area contributed by atoms with Crippen molar-refractivity contribution in [2.45, 2.75) is 20.4 Å². The SMILES string of the molecule is COC(=O)c1ccc(CN2C(=O)S/C(=C/c3cccn3-c3ccc(C)c(C)c3)C2=O)o1. The Morgan fingerprint density at radius 2 is 1.94 bits per heavy atom. The van der Waals surface area contributed by atoms with Crippen molar-refractivity contribution in [3.63, 3.8) is 0 Å². The molecule has 3 heterocycles. The van der Waals surface area contributed by atoms with Crippen LogP contribution >= 0.6 is 11.8 Å². The van der Waals surface area contributed by atoms with Crippen LogP contribution in [0.5, 0.6) is 0 Å². The molecule has 1 aromatic carbocycles. The predicted molar refractivity (Wildman–Crippen MR) is 117 cm³/mol. The maximum absolute atomic E-state index is 12.9. The summed E-state index contributed by atoms with van der Waals surface area (Å²) in [5, 5.41) is -0.392. The van der Waals surface area contributed by atoms with Crippen molar-refractivity contribution >= 4 is 35.0 Å². The van der Waals surface area contributed by atoms with E-state index >= 15 is 0 Å². The molecule has 1 fully saturated rings. The number of hydrogen-bond acceptors (Lipinski definition) is 6. The van der Waals surface area contributed by atoms with Gasteiger partial charge in [0.2, 0.25) is 5.76 Å². The fraction of sp³-hybridized carbons (Fsp3) is 0.174. The third-order valence-electron chi connectivity index (χ3n) is 5.06. The van der Waals surface area contributed by atoms with Gasteiger partial charge >= 0.3 is 5.97 Å². The number of benzene rings is 1. The molecule has 0 saturated carbocycles. The zero-order chi connectivity index (χ0) is 22.1. The smallest absolute Gasteiger partial charge is 0.373 e. The lowest BCUT2D eigenvalue weighted by atomic mass is 10.1. The van der Waals surface area contributed by atoms with E-state index in [4.69, 9.17) is 4.42 Å². The van der Waals surface area contributed by atoms with E-state index in [1.807, 2.05) is 42.0 Å². The Bertz CT molecular complexity index is 1220. The number of esters is 1. The number of hydrogen-bond donors (Lipinski definition) is 0. The number of ether oxygens (including phenoxy) is 1. The first-order chi connectivity index (χ1) is 14.9. The molecule has 1 aliphatic rings. The summed E-state index contributed by atoms with van der Waals surface area (Å²) in [6, 6.07) is 12.9. The number of rotatable bonds is 5. The van der Waals surface area contributed by atoms with Crippen molar-refractivity contribution in [3.05, 3.63) is 81.9 Å². The van der Waals surface area contributed by atoms with E-state index in [-0.39, 0.29) is 12.3 Å². The van der Waals surface area contributed by atoms with Gasteiger partial charge in [-0.1, -0.05) is 6.07 Å². The van der Waals surface area contributed by atoms with Gasteiger partial charge in [-0.2, -0.15) is 0 Å². The Labute approximate surface area is 183 Å². The topological polar surface area (TPSA) is 81.8 Å². The van der Waals surface area contributed by atoms with E-state index in [0.29, 0.717) is 10.7 Å². The van der Waals surface area contributed by atoms with Crippen LogP contribution in [-0.2, 0) is 16.1 Å². The number of furan rings is 1. The van der Waals surface area contributed by atoms with Crippen molar-refractivity contribution in [2.24, 2.45) is 0 Å². The Balaban J connectivity index is 1.57. The quantitative estimate of drug-likeness (QED) is 0.426. The predicted octanol–water partition coefficient (Wildman–Crippen LogP) is 4.71. The van der Waals surface area contributed by atoms with Crippen molar-refractivity contribution in [3.8, 4) is 5.69 Å². The number of aromatic nitrogens is 1. The lowest BCUT2D eigenvalue weighted by molar-refractivity contribution is -0.123. The van der Waals surface area contributed by atoms with Crippen LogP contribution < -0.4 is 0 Å². The van der Waals surface area contributed by atoms with Gasteiger partial charge in [-0.05, 0) is 79.2 Å². The van der Waals surface area contributed by atoms with Crippen molar-refractivity contribution in [1.82, 2.24) is 9.47 Å². The maximum Gasteiger partial charge on any atom is 0.373 e. The molecule has 158 valence electrons. The highest BCUT2D eigenvalue weighted by molar-refractivity contribution is 8.18. The summed E-state index contributed by atoms with van der Waals surface area (Å²) in [4.78, 5) is 38.3. The van der Waals surface area contributed by atoms with Crippen LogP contribution in [-0.4, -0.2) is 33.7 Å². The molecule has 1 saturated heterocycles. The first kappa shape index (κ1) is 20.7. The minimum atomic E-state index is -0.618. The third-order valence-corrected chi connectivity index (χ3v) is 5.97. The van der Waals surface area contributed by atoms with Gasteiger partial charge in [0.05, 0.1) is 18.6 Å². The molecule has 1 aliphatic heterocycles. The summed E-state index contributed by atoms with van der Waals surface area (Å²) in [5.74, 6) is -0.681. The second kappa shape index (κ2) is 8.31. The number of thioether (sulfide) groups is 1. The average molecular weight is 436 g/mol. The van der Waals surface area contributed by atoms with Crippen LogP contribution in [0, 0.1) is 13.8 Å². The molecular formula is C23H20N2O5S. The molecule has 3 aromatic rings. The molecule has 0 bridgehead atoms. The monoisotopic (exact) mass is 436 g/mol. The summed E-state index contributed by atoms with van der Waals surface area (Å²) in [5.41, 5.74) is 4.14. The fourth-order valence-corrected chi connectivity index (χ4v) is 4.04. The number of amides is 2. The zero-order valence-corrected chi connectivity index (χ0v) is 18.1. The largest absolute Gasteiger partial charge is 0.463 e. The molecule has 2 amide bonds. The number of imide groups is 1. The van der Waals surface area contributed by atoms with Gasteiger partial charge in [0, 0.05) is 17.6 Å².